The summed E-state index contributed by atoms with van der Waals surface area (Å²) in [5.41, 5.74) is 0. The van der Waals surface area contributed by atoms with Gasteiger partial charge in [-0.3, -0.25) is 0 Å². The van der Waals surface area contributed by atoms with Crippen LogP contribution in [0.25, 0.3) is 0 Å². The third kappa shape index (κ3) is 3.38. The first kappa shape index (κ1) is 14.6. The van der Waals surface area contributed by atoms with Crippen LogP contribution in [0.2, 0.25) is 0 Å². The Morgan fingerprint density at radius 3 is 2.65 bits per heavy atom. The predicted octanol–water partition coefficient (Wildman–Crippen LogP) is 3.24. The molecule has 2 aromatic heterocycles. The molecule has 0 saturated heterocycles. The first-order valence-corrected chi connectivity index (χ1v) is 6.65. The molecule has 0 fully saturated rings. The van der Waals surface area contributed by atoms with E-state index in [4.69, 9.17) is 0 Å². The molecule has 0 unspecified atom stereocenters. The lowest BCUT2D eigenvalue weighted by Gasteiger charge is -2.19. The number of hydrogen-bond acceptors (Lipinski definition) is 5. The molecule has 0 aromatic carbocycles. The van der Waals surface area contributed by atoms with Crippen LogP contribution in [0.1, 0.15) is 10.7 Å². The monoisotopic (exact) mass is 302 g/mol. The summed E-state index contributed by atoms with van der Waals surface area (Å²) in [6, 6.07) is 5.31. The number of rotatable bonds is 4. The van der Waals surface area contributed by atoms with E-state index in [9.17, 15) is 13.2 Å². The molecule has 2 rings (SSSR count). The Morgan fingerprint density at radius 1 is 1.35 bits per heavy atom. The third-order valence-corrected chi connectivity index (χ3v) is 3.45. The van der Waals surface area contributed by atoms with Crippen LogP contribution in [0.4, 0.5) is 24.8 Å². The predicted molar refractivity (Wildman–Crippen MR) is 73.0 cm³/mol. The van der Waals surface area contributed by atoms with Gasteiger partial charge in [0.2, 0.25) is 5.82 Å². The van der Waals surface area contributed by atoms with Crippen molar-refractivity contribution in [3.63, 3.8) is 0 Å². The van der Waals surface area contributed by atoms with E-state index in [2.05, 4.69) is 15.3 Å². The summed E-state index contributed by atoms with van der Waals surface area (Å²) in [6.45, 7) is 0.495. The van der Waals surface area contributed by atoms with Crippen LogP contribution >= 0.6 is 11.3 Å². The van der Waals surface area contributed by atoms with E-state index in [0.717, 1.165) is 4.88 Å². The number of hydrogen-bond donors (Lipinski definition) is 1. The van der Waals surface area contributed by atoms with Gasteiger partial charge in [0, 0.05) is 25.0 Å². The van der Waals surface area contributed by atoms with E-state index in [0.29, 0.717) is 6.54 Å². The zero-order valence-electron chi connectivity index (χ0n) is 10.9. The Morgan fingerprint density at radius 2 is 2.10 bits per heavy atom. The Labute approximate surface area is 118 Å². The minimum absolute atomic E-state index is 0.139. The third-order valence-electron chi connectivity index (χ3n) is 2.59. The van der Waals surface area contributed by atoms with Gasteiger partial charge >= 0.3 is 6.18 Å². The van der Waals surface area contributed by atoms with E-state index in [1.165, 1.54) is 13.1 Å². The molecular formula is C12H13F3N4S. The average molecular weight is 302 g/mol. The molecule has 0 amide bonds. The SMILES string of the molecule is CNc1cc(N(C)Cc2cccs2)nc(C(F)(F)F)n1. The van der Waals surface area contributed by atoms with Gasteiger partial charge in [0.25, 0.3) is 0 Å². The van der Waals surface area contributed by atoms with Crippen molar-refractivity contribution in [3.8, 4) is 0 Å². The highest BCUT2D eigenvalue weighted by Gasteiger charge is 2.35. The second-order valence-corrected chi connectivity index (χ2v) is 5.15. The summed E-state index contributed by atoms with van der Waals surface area (Å²) in [4.78, 5) is 9.72. The van der Waals surface area contributed by atoms with Crippen LogP contribution < -0.4 is 10.2 Å². The Hall–Kier alpha value is -1.83. The van der Waals surface area contributed by atoms with Gasteiger partial charge in [0.05, 0.1) is 6.54 Å². The molecule has 20 heavy (non-hydrogen) atoms. The summed E-state index contributed by atoms with van der Waals surface area (Å²) in [6.07, 6.45) is -4.56. The maximum absolute atomic E-state index is 12.8. The highest BCUT2D eigenvalue weighted by Crippen LogP contribution is 2.29. The molecule has 0 aliphatic rings. The van der Waals surface area contributed by atoms with E-state index >= 15 is 0 Å². The summed E-state index contributed by atoms with van der Waals surface area (Å²) in [5.74, 6) is -0.775. The van der Waals surface area contributed by atoms with Gasteiger partial charge in [-0.05, 0) is 11.4 Å². The van der Waals surface area contributed by atoms with Crippen molar-refractivity contribution >= 4 is 23.0 Å². The Bertz CT molecular complexity index is 569. The second-order valence-electron chi connectivity index (χ2n) is 4.12. The van der Waals surface area contributed by atoms with Gasteiger partial charge in [0.1, 0.15) is 11.6 Å². The molecule has 0 atom stereocenters. The van der Waals surface area contributed by atoms with Crippen molar-refractivity contribution in [1.29, 1.82) is 0 Å². The van der Waals surface area contributed by atoms with Crippen molar-refractivity contribution in [2.75, 3.05) is 24.3 Å². The minimum Gasteiger partial charge on any atom is -0.373 e. The summed E-state index contributed by atoms with van der Waals surface area (Å²) < 4.78 is 38.3. The number of aromatic nitrogens is 2. The molecule has 4 nitrogen and oxygen atoms in total. The topological polar surface area (TPSA) is 41.0 Å². The zero-order chi connectivity index (χ0) is 14.8. The van der Waals surface area contributed by atoms with Crippen LogP contribution in [-0.2, 0) is 12.7 Å². The van der Waals surface area contributed by atoms with Crippen LogP contribution in [0.3, 0.4) is 0 Å². The second kappa shape index (κ2) is 5.66. The first-order valence-electron chi connectivity index (χ1n) is 5.77. The maximum Gasteiger partial charge on any atom is 0.451 e. The number of nitrogens with one attached hydrogen (secondary N) is 1. The molecular weight excluding hydrogens is 289 g/mol. The Kier molecular flexibility index (Phi) is 4.12. The van der Waals surface area contributed by atoms with Gasteiger partial charge < -0.3 is 10.2 Å². The van der Waals surface area contributed by atoms with Crippen LogP contribution in [-0.4, -0.2) is 24.1 Å². The molecule has 0 radical (unpaired) electrons. The number of halogens is 3. The van der Waals surface area contributed by atoms with Crippen molar-refractivity contribution in [2.24, 2.45) is 0 Å². The molecule has 0 aliphatic heterocycles. The van der Waals surface area contributed by atoms with E-state index in [-0.39, 0.29) is 11.6 Å². The fourth-order valence-electron chi connectivity index (χ4n) is 1.60. The molecule has 2 heterocycles. The van der Waals surface area contributed by atoms with E-state index < -0.39 is 12.0 Å². The fraction of sp³-hybridized carbons (Fsp3) is 0.333. The minimum atomic E-state index is -4.56. The van der Waals surface area contributed by atoms with Crippen LogP contribution in [0.15, 0.2) is 23.6 Å². The molecule has 0 aliphatic carbocycles. The number of anilines is 2. The van der Waals surface area contributed by atoms with Gasteiger partial charge in [-0.25, -0.2) is 9.97 Å². The van der Waals surface area contributed by atoms with E-state index in [1.807, 2.05) is 17.5 Å². The van der Waals surface area contributed by atoms with Gasteiger partial charge in [-0.2, -0.15) is 13.2 Å². The lowest BCUT2D eigenvalue weighted by atomic mass is 10.4. The highest BCUT2D eigenvalue weighted by atomic mass is 32.1. The van der Waals surface area contributed by atoms with Crippen molar-refractivity contribution in [2.45, 2.75) is 12.7 Å². The summed E-state index contributed by atoms with van der Waals surface area (Å²) in [7, 11) is 3.22. The molecule has 0 spiro atoms. The van der Waals surface area contributed by atoms with Crippen LogP contribution in [0, 0.1) is 0 Å². The fourth-order valence-corrected chi connectivity index (χ4v) is 2.36. The normalized spacial score (nSPS) is 11.4. The van der Waals surface area contributed by atoms with Crippen LogP contribution in [0.5, 0.6) is 0 Å². The molecule has 8 heteroatoms. The first-order chi connectivity index (χ1) is 9.40. The zero-order valence-corrected chi connectivity index (χ0v) is 11.7. The van der Waals surface area contributed by atoms with Gasteiger partial charge in [-0.15, -0.1) is 11.3 Å². The number of nitrogens with zero attached hydrogens (tertiary/aromatic N) is 3. The van der Waals surface area contributed by atoms with Crippen molar-refractivity contribution in [3.05, 3.63) is 34.3 Å². The quantitative estimate of drug-likeness (QED) is 0.941. The largest absolute Gasteiger partial charge is 0.451 e. The van der Waals surface area contributed by atoms with Crippen molar-refractivity contribution < 1.29 is 13.2 Å². The lowest BCUT2D eigenvalue weighted by molar-refractivity contribution is -0.144. The molecule has 2 aromatic rings. The Balaban J connectivity index is 2.30. The van der Waals surface area contributed by atoms with Crippen molar-refractivity contribution in [1.82, 2.24) is 9.97 Å². The number of thiophene rings is 1. The molecule has 0 bridgehead atoms. The highest BCUT2D eigenvalue weighted by molar-refractivity contribution is 7.09. The number of alkyl halides is 3. The van der Waals surface area contributed by atoms with Gasteiger partial charge in [0.15, 0.2) is 0 Å². The smallest absolute Gasteiger partial charge is 0.373 e. The lowest BCUT2D eigenvalue weighted by Crippen LogP contribution is -2.21. The standard InChI is InChI=1S/C12H13F3N4S/c1-16-9-6-10(18-11(17-9)12(13,14)15)19(2)7-8-4-3-5-20-8/h3-6H,7H2,1-2H3,(H,16,17,18). The summed E-state index contributed by atoms with van der Waals surface area (Å²) in [5, 5.41) is 4.54. The summed E-state index contributed by atoms with van der Waals surface area (Å²) >= 11 is 1.54. The maximum atomic E-state index is 12.8. The molecule has 108 valence electrons. The van der Waals surface area contributed by atoms with Gasteiger partial charge in [-0.1, -0.05) is 6.07 Å². The molecule has 1 N–H and O–H groups in total. The molecule has 0 saturated carbocycles. The van der Waals surface area contributed by atoms with E-state index in [1.54, 1.807) is 23.3 Å². The average Bonchev–Trinajstić information content (AvgIpc) is 2.90.